The Morgan fingerprint density at radius 2 is 2.21 bits per heavy atom. The lowest BCUT2D eigenvalue weighted by molar-refractivity contribution is -0.385. The Kier molecular flexibility index (Phi) is 4.46. The molecular weight excluding hydrogens is 318 g/mol. The Morgan fingerprint density at radius 1 is 1.63 bits per heavy atom. The number of carboxylic acid groups (broad SMARTS) is 1. The largest absolute Gasteiger partial charge is 0.481 e. The van der Waals surface area contributed by atoms with Gasteiger partial charge < -0.3 is 10.4 Å². The number of carboxylic acids is 1. The van der Waals surface area contributed by atoms with E-state index in [2.05, 4.69) is 26.2 Å². The predicted molar refractivity (Wildman–Crippen MR) is 73.3 cm³/mol. The molecule has 2 N–H and O–H groups in total. The lowest BCUT2D eigenvalue weighted by Gasteiger charge is -2.25. The van der Waals surface area contributed by atoms with E-state index in [0.717, 1.165) is 6.20 Å². The summed E-state index contributed by atoms with van der Waals surface area (Å²) in [5.41, 5.74) is -0.369. The Balaban J connectivity index is 3.07. The molecule has 0 spiro atoms. The van der Waals surface area contributed by atoms with Crippen molar-refractivity contribution in [2.24, 2.45) is 0 Å². The van der Waals surface area contributed by atoms with Crippen molar-refractivity contribution < 1.29 is 14.8 Å². The molecule has 0 aliphatic heterocycles. The van der Waals surface area contributed by atoms with Gasteiger partial charge in [-0.1, -0.05) is 0 Å². The van der Waals surface area contributed by atoms with Gasteiger partial charge in [0.1, 0.15) is 12.0 Å². The highest BCUT2D eigenvalue weighted by Gasteiger charge is 2.25. The van der Waals surface area contributed by atoms with E-state index in [1.807, 2.05) is 0 Å². The monoisotopic (exact) mass is 331 g/mol. The van der Waals surface area contributed by atoms with Gasteiger partial charge in [0.2, 0.25) is 0 Å². The van der Waals surface area contributed by atoms with Gasteiger partial charge >= 0.3 is 5.97 Å². The van der Waals surface area contributed by atoms with Gasteiger partial charge in [0.15, 0.2) is 0 Å². The molecule has 1 aromatic heterocycles. The topological polar surface area (TPSA) is 105 Å². The van der Waals surface area contributed by atoms with Crippen LogP contribution in [-0.4, -0.2) is 26.5 Å². The van der Waals surface area contributed by atoms with Gasteiger partial charge in [0, 0.05) is 11.1 Å². The van der Waals surface area contributed by atoms with Crippen molar-refractivity contribution in [1.29, 1.82) is 0 Å². The van der Waals surface area contributed by atoms with Crippen molar-refractivity contribution in [3.63, 3.8) is 0 Å². The smallest absolute Gasteiger partial charge is 0.305 e. The van der Waals surface area contributed by atoms with E-state index < -0.39 is 16.4 Å². The van der Waals surface area contributed by atoms with E-state index >= 15 is 0 Å². The van der Waals surface area contributed by atoms with Gasteiger partial charge in [-0.15, -0.1) is 0 Å². The second-order valence-corrected chi connectivity index (χ2v) is 5.56. The molecule has 0 unspecified atom stereocenters. The van der Waals surface area contributed by atoms with E-state index in [1.54, 1.807) is 20.8 Å². The molecule has 0 aliphatic carbocycles. The summed E-state index contributed by atoms with van der Waals surface area (Å²) in [5, 5.41) is 22.5. The Morgan fingerprint density at radius 3 is 2.68 bits per heavy atom. The van der Waals surface area contributed by atoms with Crippen molar-refractivity contribution in [2.75, 3.05) is 5.32 Å². The van der Waals surface area contributed by atoms with E-state index in [0.29, 0.717) is 15.9 Å². The summed E-state index contributed by atoms with van der Waals surface area (Å²) < 4.78 is 0.458. The molecule has 1 rings (SSSR count). The summed E-state index contributed by atoms with van der Waals surface area (Å²) in [6, 6.07) is 0. The highest BCUT2D eigenvalue weighted by Crippen LogP contribution is 2.32. The average molecular weight is 332 g/mol. The maximum Gasteiger partial charge on any atom is 0.305 e. The van der Waals surface area contributed by atoms with Crippen LogP contribution in [0.25, 0.3) is 0 Å². The summed E-state index contributed by atoms with van der Waals surface area (Å²) in [6.45, 7) is 5.03. The van der Waals surface area contributed by atoms with Crippen LogP contribution in [0.15, 0.2) is 10.7 Å². The minimum absolute atomic E-state index is 0.0894. The molecule has 0 amide bonds. The molecule has 0 atom stereocenters. The number of carbonyl (C=O) groups is 1. The summed E-state index contributed by atoms with van der Waals surface area (Å²) in [4.78, 5) is 24.9. The normalized spacial score (nSPS) is 11.2. The molecule has 19 heavy (non-hydrogen) atoms. The molecule has 0 radical (unpaired) electrons. The van der Waals surface area contributed by atoms with Crippen LogP contribution in [0.3, 0.4) is 0 Å². The molecule has 0 aromatic carbocycles. The molecule has 0 aliphatic rings. The van der Waals surface area contributed by atoms with Crippen LogP contribution < -0.4 is 5.32 Å². The number of rotatable bonds is 5. The first-order valence-corrected chi connectivity index (χ1v) is 6.23. The number of nitro groups is 1. The molecular formula is C11H14BrN3O4. The van der Waals surface area contributed by atoms with Crippen LogP contribution in [0.2, 0.25) is 0 Å². The molecule has 1 aromatic rings. The first-order valence-electron chi connectivity index (χ1n) is 5.43. The third-order valence-corrected chi connectivity index (χ3v) is 3.45. The molecule has 104 valence electrons. The maximum atomic E-state index is 10.8. The van der Waals surface area contributed by atoms with Crippen molar-refractivity contribution >= 4 is 33.4 Å². The first kappa shape index (κ1) is 15.4. The van der Waals surface area contributed by atoms with Crippen molar-refractivity contribution in [1.82, 2.24) is 4.98 Å². The Bertz CT molecular complexity index is 531. The first-order chi connectivity index (χ1) is 8.64. The van der Waals surface area contributed by atoms with Gasteiger partial charge in [0.25, 0.3) is 5.69 Å². The highest BCUT2D eigenvalue weighted by molar-refractivity contribution is 9.10. The zero-order chi connectivity index (χ0) is 14.8. The number of halogens is 1. The molecule has 8 heteroatoms. The van der Waals surface area contributed by atoms with Gasteiger partial charge in [-0.3, -0.25) is 14.9 Å². The standard InChI is InChI=1S/C11H14BrN3O4/c1-6-7(15(18)19)5-13-10(9(6)12)14-11(2,3)4-8(16)17/h5H,4H2,1-3H3,(H,13,14)(H,16,17). The fourth-order valence-corrected chi connectivity index (χ4v) is 1.99. The number of anilines is 1. The summed E-state index contributed by atoms with van der Waals surface area (Å²) >= 11 is 3.24. The van der Waals surface area contributed by atoms with Crippen LogP contribution in [0.5, 0.6) is 0 Å². The minimum Gasteiger partial charge on any atom is -0.481 e. The maximum absolute atomic E-state index is 10.8. The number of aromatic nitrogens is 1. The number of nitrogens with one attached hydrogen (secondary N) is 1. The fraction of sp³-hybridized carbons (Fsp3) is 0.455. The Hall–Kier alpha value is -1.70. The predicted octanol–water partition coefficient (Wildman–Crippen LogP) is 2.73. The van der Waals surface area contributed by atoms with Crippen molar-refractivity contribution in [2.45, 2.75) is 32.7 Å². The zero-order valence-electron chi connectivity index (χ0n) is 10.7. The SMILES string of the molecule is Cc1c([N+](=O)[O-])cnc(NC(C)(C)CC(=O)O)c1Br. The van der Waals surface area contributed by atoms with Gasteiger partial charge in [-0.25, -0.2) is 4.98 Å². The molecule has 0 saturated carbocycles. The molecule has 0 saturated heterocycles. The van der Waals surface area contributed by atoms with Crippen LogP contribution in [0.1, 0.15) is 25.8 Å². The van der Waals surface area contributed by atoms with E-state index in [4.69, 9.17) is 5.11 Å². The van der Waals surface area contributed by atoms with Crippen molar-refractivity contribution in [3.05, 3.63) is 26.3 Å². The van der Waals surface area contributed by atoms with Crippen LogP contribution in [0, 0.1) is 17.0 Å². The fourth-order valence-electron chi connectivity index (χ4n) is 1.58. The number of hydrogen-bond donors (Lipinski definition) is 2. The molecule has 1 heterocycles. The summed E-state index contributed by atoms with van der Waals surface area (Å²) in [6.07, 6.45) is 1.05. The van der Waals surface area contributed by atoms with Gasteiger partial charge in [-0.2, -0.15) is 0 Å². The average Bonchev–Trinajstić information content (AvgIpc) is 2.22. The lowest BCUT2D eigenvalue weighted by Crippen LogP contribution is -2.34. The third kappa shape index (κ3) is 3.88. The van der Waals surface area contributed by atoms with E-state index in [9.17, 15) is 14.9 Å². The van der Waals surface area contributed by atoms with Crippen LogP contribution in [-0.2, 0) is 4.79 Å². The summed E-state index contributed by atoms with van der Waals surface area (Å²) in [7, 11) is 0. The number of pyridine rings is 1. The number of nitrogens with zero attached hydrogens (tertiary/aromatic N) is 2. The Labute approximate surface area is 118 Å². The number of hydrogen-bond acceptors (Lipinski definition) is 5. The minimum atomic E-state index is -0.938. The second kappa shape index (κ2) is 5.52. The molecule has 0 bridgehead atoms. The van der Waals surface area contributed by atoms with E-state index in [-0.39, 0.29) is 12.1 Å². The van der Waals surface area contributed by atoms with Crippen molar-refractivity contribution in [3.8, 4) is 0 Å². The van der Waals surface area contributed by atoms with Gasteiger partial charge in [-0.05, 0) is 36.7 Å². The third-order valence-electron chi connectivity index (χ3n) is 2.48. The highest BCUT2D eigenvalue weighted by atomic mass is 79.9. The quantitative estimate of drug-likeness (QED) is 0.634. The molecule has 7 nitrogen and oxygen atoms in total. The zero-order valence-corrected chi connectivity index (χ0v) is 12.3. The van der Waals surface area contributed by atoms with Gasteiger partial charge in [0.05, 0.1) is 15.8 Å². The van der Waals surface area contributed by atoms with Crippen LogP contribution in [0.4, 0.5) is 11.5 Å². The number of aliphatic carboxylic acids is 1. The summed E-state index contributed by atoms with van der Waals surface area (Å²) in [5.74, 6) is -0.554. The second-order valence-electron chi connectivity index (χ2n) is 4.77. The van der Waals surface area contributed by atoms with Crippen LogP contribution >= 0.6 is 15.9 Å². The lowest BCUT2D eigenvalue weighted by atomic mass is 10.0. The molecule has 0 fully saturated rings. The van der Waals surface area contributed by atoms with E-state index in [1.165, 1.54) is 0 Å².